The average Bonchev–Trinajstić information content (AvgIpc) is 2.65. The Kier molecular flexibility index (Phi) is 8.45. The van der Waals surface area contributed by atoms with Gasteiger partial charge in [-0.25, -0.2) is 0 Å². The predicted octanol–water partition coefficient (Wildman–Crippen LogP) is 2.85. The molecular weight excluding hydrogens is 387 g/mol. The third-order valence-electron chi connectivity index (χ3n) is 4.51. The molecule has 1 aromatic carbocycles. The van der Waals surface area contributed by atoms with Gasteiger partial charge in [0.15, 0.2) is 0 Å². The van der Waals surface area contributed by atoms with Crippen LogP contribution in [0.15, 0.2) is 24.3 Å². The van der Waals surface area contributed by atoms with Gasteiger partial charge < -0.3 is 15.0 Å². The lowest BCUT2D eigenvalue weighted by molar-refractivity contribution is -0.137. The van der Waals surface area contributed by atoms with E-state index in [0.717, 1.165) is 6.07 Å². The first-order valence-corrected chi connectivity index (χ1v) is 9.70. The number of amides is 2. The molecule has 1 heterocycles. The highest BCUT2D eigenvalue weighted by Gasteiger charge is 2.33. The molecule has 1 saturated heterocycles. The van der Waals surface area contributed by atoms with Crippen LogP contribution < -0.4 is 5.32 Å². The Labute approximate surface area is 169 Å². The Morgan fingerprint density at radius 1 is 1.14 bits per heavy atom. The zero-order valence-electron chi connectivity index (χ0n) is 16.8. The number of nitrogens with one attached hydrogen (secondary N) is 1. The summed E-state index contributed by atoms with van der Waals surface area (Å²) in [5.41, 5.74) is -1.12. The second-order valence-corrected chi connectivity index (χ2v) is 7.47. The van der Waals surface area contributed by atoms with E-state index in [-0.39, 0.29) is 18.1 Å². The van der Waals surface area contributed by atoms with E-state index in [9.17, 15) is 22.8 Å². The van der Waals surface area contributed by atoms with Gasteiger partial charge in [-0.2, -0.15) is 13.2 Å². The summed E-state index contributed by atoms with van der Waals surface area (Å²) in [6.45, 7) is 7.01. The van der Waals surface area contributed by atoms with Crippen LogP contribution in [0.4, 0.5) is 18.9 Å². The molecule has 2 rings (SSSR count). The van der Waals surface area contributed by atoms with Crippen molar-refractivity contribution in [2.45, 2.75) is 26.4 Å². The minimum atomic E-state index is -4.53. The molecule has 0 unspecified atom stereocenters. The van der Waals surface area contributed by atoms with Gasteiger partial charge in [-0.1, -0.05) is 26.0 Å². The van der Waals surface area contributed by atoms with Gasteiger partial charge in [-0.05, 0) is 18.1 Å². The molecule has 0 atom stereocenters. The van der Waals surface area contributed by atoms with Crippen LogP contribution in [0.3, 0.4) is 0 Å². The van der Waals surface area contributed by atoms with E-state index in [4.69, 9.17) is 4.74 Å². The molecule has 1 N–H and O–H groups in total. The summed E-state index contributed by atoms with van der Waals surface area (Å²) in [6, 6.07) is 4.90. The van der Waals surface area contributed by atoms with Gasteiger partial charge in [0.25, 0.3) is 0 Å². The number of alkyl halides is 3. The second kappa shape index (κ2) is 10.6. The van der Waals surface area contributed by atoms with Crippen LogP contribution in [0.5, 0.6) is 0 Å². The standard InChI is InChI=1S/C20H28F3N3O3/c1-15(2)14-29-12-7-19(28)26-10-8-25(9-11-26)13-18(27)24-17-6-4-3-5-16(17)20(21,22)23/h3-6,15H,7-14H2,1-2H3,(H,24,27). The van der Waals surface area contributed by atoms with Crippen molar-refractivity contribution in [1.82, 2.24) is 9.80 Å². The molecule has 0 bridgehead atoms. The lowest BCUT2D eigenvalue weighted by atomic mass is 10.1. The number of nitrogens with zero attached hydrogens (tertiary/aromatic N) is 2. The van der Waals surface area contributed by atoms with Crippen LogP contribution in [0.1, 0.15) is 25.8 Å². The van der Waals surface area contributed by atoms with Gasteiger partial charge in [0.05, 0.1) is 30.8 Å². The molecule has 1 fully saturated rings. The number of ether oxygens (including phenoxy) is 1. The quantitative estimate of drug-likeness (QED) is 0.664. The number of halogens is 3. The van der Waals surface area contributed by atoms with E-state index < -0.39 is 17.6 Å². The highest BCUT2D eigenvalue weighted by atomic mass is 19.4. The number of carbonyl (C=O) groups is 2. The number of piperazine rings is 1. The molecular formula is C20H28F3N3O3. The normalized spacial score (nSPS) is 15.6. The lowest BCUT2D eigenvalue weighted by Gasteiger charge is -2.34. The van der Waals surface area contributed by atoms with Crippen molar-refractivity contribution in [2.75, 3.05) is 51.3 Å². The number of para-hydroxylation sites is 1. The van der Waals surface area contributed by atoms with Gasteiger partial charge in [0.1, 0.15) is 0 Å². The third-order valence-corrected chi connectivity index (χ3v) is 4.51. The van der Waals surface area contributed by atoms with Crippen LogP contribution >= 0.6 is 0 Å². The van der Waals surface area contributed by atoms with Crippen molar-refractivity contribution in [3.05, 3.63) is 29.8 Å². The fourth-order valence-corrected chi connectivity index (χ4v) is 3.02. The van der Waals surface area contributed by atoms with Gasteiger partial charge in [-0.15, -0.1) is 0 Å². The number of carbonyl (C=O) groups excluding carboxylic acids is 2. The maximum Gasteiger partial charge on any atom is 0.418 e. The summed E-state index contributed by atoms with van der Waals surface area (Å²) in [6.07, 6.45) is -4.21. The molecule has 0 saturated carbocycles. The van der Waals surface area contributed by atoms with Crippen LogP contribution in [0.25, 0.3) is 0 Å². The van der Waals surface area contributed by atoms with Crippen LogP contribution in [-0.4, -0.2) is 67.6 Å². The van der Waals surface area contributed by atoms with Crippen molar-refractivity contribution >= 4 is 17.5 Å². The molecule has 2 amide bonds. The zero-order chi connectivity index (χ0) is 21.4. The van der Waals surface area contributed by atoms with E-state index in [1.54, 1.807) is 4.90 Å². The summed E-state index contributed by atoms with van der Waals surface area (Å²) in [5, 5.41) is 2.34. The first-order chi connectivity index (χ1) is 13.7. The lowest BCUT2D eigenvalue weighted by Crippen LogP contribution is -2.50. The molecule has 1 aliphatic rings. The number of rotatable bonds is 8. The van der Waals surface area contributed by atoms with E-state index >= 15 is 0 Å². The summed E-state index contributed by atoms with van der Waals surface area (Å²) in [7, 11) is 0. The largest absolute Gasteiger partial charge is 0.418 e. The molecule has 9 heteroatoms. The molecule has 0 spiro atoms. The highest BCUT2D eigenvalue weighted by Crippen LogP contribution is 2.34. The van der Waals surface area contributed by atoms with Gasteiger partial charge in [0, 0.05) is 32.8 Å². The molecule has 0 aliphatic carbocycles. The third kappa shape index (κ3) is 7.66. The highest BCUT2D eigenvalue weighted by molar-refractivity contribution is 5.93. The molecule has 29 heavy (non-hydrogen) atoms. The Morgan fingerprint density at radius 2 is 1.79 bits per heavy atom. The summed E-state index contributed by atoms with van der Waals surface area (Å²) in [5.74, 6) is -0.0802. The minimum Gasteiger partial charge on any atom is -0.381 e. The van der Waals surface area contributed by atoms with E-state index in [1.807, 2.05) is 18.7 Å². The number of hydrogen-bond acceptors (Lipinski definition) is 4. The fraction of sp³-hybridized carbons (Fsp3) is 0.600. The molecule has 162 valence electrons. The van der Waals surface area contributed by atoms with Crippen molar-refractivity contribution in [1.29, 1.82) is 0 Å². The average molecular weight is 415 g/mol. The zero-order valence-corrected chi connectivity index (χ0v) is 16.8. The topological polar surface area (TPSA) is 61.9 Å². The Hall–Kier alpha value is -2.13. The van der Waals surface area contributed by atoms with Crippen LogP contribution in [-0.2, 0) is 20.5 Å². The molecule has 0 radical (unpaired) electrons. The SMILES string of the molecule is CC(C)COCCC(=O)N1CCN(CC(=O)Nc2ccccc2C(F)(F)F)CC1. The van der Waals surface area contributed by atoms with Crippen molar-refractivity contribution in [3.63, 3.8) is 0 Å². The van der Waals surface area contributed by atoms with Gasteiger partial charge in [-0.3, -0.25) is 14.5 Å². The first-order valence-electron chi connectivity index (χ1n) is 9.70. The summed E-state index contributed by atoms with van der Waals surface area (Å²) >= 11 is 0. The number of hydrogen-bond donors (Lipinski definition) is 1. The van der Waals surface area contributed by atoms with Crippen LogP contribution in [0, 0.1) is 5.92 Å². The minimum absolute atomic E-state index is 0.0111. The molecule has 6 nitrogen and oxygen atoms in total. The van der Waals surface area contributed by atoms with E-state index in [2.05, 4.69) is 5.32 Å². The van der Waals surface area contributed by atoms with Gasteiger partial charge >= 0.3 is 6.18 Å². The maximum atomic E-state index is 13.0. The smallest absolute Gasteiger partial charge is 0.381 e. The van der Waals surface area contributed by atoms with Crippen LogP contribution in [0.2, 0.25) is 0 Å². The molecule has 0 aromatic heterocycles. The summed E-state index contributed by atoms with van der Waals surface area (Å²) < 4.78 is 44.5. The second-order valence-electron chi connectivity index (χ2n) is 7.47. The van der Waals surface area contributed by atoms with Crippen molar-refractivity contribution in [2.24, 2.45) is 5.92 Å². The van der Waals surface area contributed by atoms with Crippen molar-refractivity contribution < 1.29 is 27.5 Å². The van der Waals surface area contributed by atoms with Gasteiger partial charge in [0.2, 0.25) is 11.8 Å². The Bertz CT molecular complexity index is 687. The monoisotopic (exact) mass is 415 g/mol. The molecule has 1 aliphatic heterocycles. The Balaban J connectivity index is 1.75. The van der Waals surface area contributed by atoms with Crippen molar-refractivity contribution in [3.8, 4) is 0 Å². The van der Waals surface area contributed by atoms with E-state index in [1.165, 1.54) is 18.2 Å². The number of benzene rings is 1. The Morgan fingerprint density at radius 3 is 2.41 bits per heavy atom. The number of anilines is 1. The maximum absolute atomic E-state index is 13.0. The molecule has 1 aromatic rings. The predicted molar refractivity (Wildman–Crippen MR) is 103 cm³/mol. The summed E-state index contributed by atoms with van der Waals surface area (Å²) in [4.78, 5) is 27.9. The fourth-order valence-electron chi connectivity index (χ4n) is 3.02. The van der Waals surface area contributed by atoms with E-state index in [0.29, 0.717) is 51.7 Å². The first kappa shape index (κ1) is 23.2.